The van der Waals surface area contributed by atoms with Gasteiger partial charge in [-0.1, -0.05) is 11.8 Å². The predicted octanol–water partition coefficient (Wildman–Crippen LogP) is 1.14. The molecule has 1 aromatic carbocycles. The zero-order valence-electron chi connectivity index (χ0n) is 9.77. The summed E-state index contributed by atoms with van der Waals surface area (Å²) in [6.07, 6.45) is 1.46. The van der Waals surface area contributed by atoms with E-state index in [4.69, 9.17) is 5.11 Å². The van der Waals surface area contributed by atoms with Gasteiger partial charge in [0.15, 0.2) is 0 Å². The lowest BCUT2D eigenvalue weighted by Crippen LogP contribution is -2.12. The van der Waals surface area contributed by atoms with Crippen LogP contribution in [0.3, 0.4) is 0 Å². The number of aliphatic hydroxyl groups is 1. The average Bonchev–Trinajstić information content (AvgIpc) is 2.93. The summed E-state index contributed by atoms with van der Waals surface area (Å²) in [5.74, 6) is 3.92. The molecular weight excluding hydrogens is 249 g/mol. The van der Waals surface area contributed by atoms with Crippen molar-refractivity contribution in [3.63, 3.8) is 0 Å². The molecule has 5 nitrogen and oxygen atoms in total. The van der Waals surface area contributed by atoms with E-state index >= 15 is 0 Å². The number of carbonyl (C=O) groups excluding carboxylic acids is 1. The van der Waals surface area contributed by atoms with Crippen molar-refractivity contribution in [1.29, 1.82) is 0 Å². The number of aliphatic hydroxyl groups excluding tert-OH is 1. The fraction of sp³-hybridized carbons (Fsp3) is 0.0769. The van der Waals surface area contributed by atoms with E-state index < -0.39 is 5.82 Å². The van der Waals surface area contributed by atoms with Crippen LogP contribution in [0.15, 0.2) is 30.5 Å². The summed E-state index contributed by atoms with van der Waals surface area (Å²) in [5.41, 5.74) is 0.812. The molecule has 96 valence electrons. The SMILES string of the molecule is O=C(Nc1ccc(F)c(C#CCO)c1)c1ccn[nH]1. The molecule has 1 heterocycles. The van der Waals surface area contributed by atoms with E-state index in [0.717, 1.165) is 0 Å². The van der Waals surface area contributed by atoms with Crippen LogP contribution in [0.2, 0.25) is 0 Å². The number of anilines is 1. The molecule has 0 aliphatic rings. The number of carbonyl (C=O) groups is 1. The van der Waals surface area contributed by atoms with Crippen LogP contribution in [0.1, 0.15) is 16.1 Å². The van der Waals surface area contributed by atoms with Gasteiger partial charge in [-0.3, -0.25) is 9.89 Å². The minimum Gasteiger partial charge on any atom is -0.384 e. The first-order valence-corrected chi connectivity index (χ1v) is 5.40. The molecule has 1 amide bonds. The van der Waals surface area contributed by atoms with E-state index in [1.807, 2.05) is 0 Å². The van der Waals surface area contributed by atoms with E-state index in [9.17, 15) is 9.18 Å². The number of nitrogens with zero attached hydrogens (tertiary/aromatic N) is 1. The topological polar surface area (TPSA) is 78.0 Å². The van der Waals surface area contributed by atoms with Crippen LogP contribution >= 0.6 is 0 Å². The van der Waals surface area contributed by atoms with Gasteiger partial charge in [-0.25, -0.2) is 4.39 Å². The Morgan fingerprint density at radius 3 is 3.00 bits per heavy atom. The number of halogens is 1. The summed E-state index contributed by atoms with van der Waals surface area (Å²) in [6, 6.07) is 5.54. The molecule has 2 rings (SSSR count). The standard InChI is InChI=1S/C13H10FN3O2/c14-11-4-3-10(8-9(11)2-1-7-18)16-13(19)12-5-6-15-17-12/h3-6,8,18H,7H2,(H,15,17)(H,16,19). The number of aromatic amines is 1. The zero-order chi connectivity index (χ0) is 13.7. The Balaban J connectivity index is 2.19. The molecule has 0 aliphatic heterocycles. The van der Waals surface area contributed by atoms with Gasteiger partial charge in [0, 0.05) is 11.9 Å². The molecule has 0 spiro atoms. The van der Waals surface area contributed by atoms with E-state index in [0.29, 0.717) is 11.4 Å². The number of hydrogen-bond acceptors (Lipinski definition) is 3. The highest BCUT2D eigenvalue weighted by molar-refractivity contribution is 6.02. The molecule has 0 radical (unpaired) electrons. The molecule has 1 aromatic heterocycles. The smallest absolute Gasteiger partial charge is 0.273 e. The Morgan fingerprint density at radius 1 is 1.47 bits per heavy atom. The van der Waals surface area contributed by atoms with Crippen molar-refractivity contribution in [3.8, 4) is 11.8 Å². The van der Waals surface area contributed by atoms with Crippen LogP contribution in [-0.2, 0) is 0 Å². The fourth-order valence-corrected chi connectivity index (χ4v) is 1.41. The number of rotatable bonds is 2. The monoisotopic (exact) mass is 259 g/mol. The van der Waals surface area contributed by atoms with Gasteiger partial charge in [0.1, 0.15) is 18.1 Å². The van der Waals surface area contributed by atoms with Crippen molar-refractivity contribution in [3.05, 3.63) is 47.5 Å². The number of nitrogens with one attached hydrogen (secondary N) is 2. The van der Waals surface area contributed by atoms with Crippen molar-refractivity contribution in [2.75, 3.05) is 11.9 Å². The van der Waals surface area contributed by atoms with Gasteiger partial charge in [0.25, 0.3) is 5.91 Å². The molecule has 0 saturated carbocycles. The van der Waals surface area contributed by atoms with Crippen LogP contribution < -0.4 is 5.32 Å². The van der Waals surface area contributed by atoms with E-state index in [2.05, 4.69) is 27.4 Å². The Hall–Kier alpha value is -2.65. The van der Waals surface area contributed by atoms with Crippen LogP contribution in [0.5, 0.6) is 0 Å². The number of H-pyrrole nitrogens is 1. The highest BCUT2D eigenvalue weighted by Gasteiger charge is 2.08. The summed E-state index contributed by atoms with van der Waals surface area (Å²) < 4.78 is 13.4. The number of benzene rings is 1. The van der Waals surface area contributed by atoms with Gasteiger partial charge in [-0.2, -0.15) is 5.10 Å². The molecule has 0 atom stereocenters. The van der Waals surface area contributed by atoms with Gasteiger partial charge in [-0.05, 0) is 24.3 Å². The average molecular weight is 259 g/mol. The van der Waals surface area contributed by atoms with Gasteiger partial charge in [0.05, 0.1) is 5.56 Å². The first kappa shape index (κ1) is 12.8. The van der Waals surface area contributed by atoms with Gasteiger partial charge in [0.2, 0.25) is 0 Å². The lowest BCUT2D eigenvalue weighted by molar-refractivity contribution is 0.102. The quantitative estimate of drug-likeness (QED) is 0.708. The number of hydrogen-bond donors (Lipinski definition) is 3. The minimum absolute atomic E-state index is 0.108. The third kappa shape index (κ3) is 3.18. The maximum absolute atomic E-state index is 13.4. The van der Waals surface area contributed by atoms with Crippen LogP contribution in [-0.4, -0.2) is 27.8 Å². The van der Waals surface area contributed by atoms with Crippen molar-refractivity contribution in [1.82, 2.24) is 10.2 Å². The van der Waals surface area contributed by atoms with Crippen LogP contribution in [0.4, 0.5) is 10.1 Å². The summed E-state index contributed by atoms with van der Waals surface area (Å²) in [5, 5.41) is 17.3. The Morgan fingerprint density at radius 2 is 2.32 bits per heavy atom. The first-order chi connectivity index (χ1) is 9.20. The molecule has 6 heteroatoms. The number of amides is 1. The first-order valence-electron chi connectivity index (χ1n) is 5.40. The maximum Gasteiger partial charge on any atom is 0.273 e. The second kappa shape index (κ2) is 5.80. The fourth-order valence-electron chi connectivity index (χ4n) is 1.41. The molecule has 0 saturated heterocycles. The number of aromatic nitrogens is 2. The maximum atomic E-state index is 13.4. The largest absolute Gasteiger partial charge is 0.384 e. The molecule has 0 aliphatic carbocycles. The molecule has 0 bridgehead atoms. The third-order valence-electron chi connectivity index (χ3n) is 2.27. The second-order valence-electron chi connectivity index (χ2n) is 3.58. The Kier molecular flexibility index (Phi) is 3.90. The Bertz CT molecular complexity index is 642. The second-order valence-corrected chi connectivity index (χ2v) is 3.58. The summed E-state index contributed by atoms with van der Waals surface area (Å²) in [4.78, 5) is 11.7. The lowest BCUT2D eigenvalue weighted by Gasteiger charge is -2.04. The molecule has 3 N–H and O–H groups in total. The van der Waals surface area contributed by atoms with Gasteiger partial charge in [-0.15, -0.1) is 0 Å². The normalized spacial score (nSPS) is 9.58. The molecule has 2 aromatic rings. The van der Waals surface area contributed by atoms with Gasteiger partial charge >= 0.3 is 0 Å². The van der Waals surface area contributed by atoms with E-state index in [-0.39, 0.29) is 18.1 Å². The van der Waals surface area contributed by atoms with Gasteiger partial charge < -0.3 is 10.4 Å². The van der Waals surface area contributed by atoms with Crippen molar-refractivity contribution in [2.24, 2.45) is 0 Å². The van der Waals surface area contributed by atoms with E-state index in [1.54, 1.807) is 0 Å². The third-order valence-corrected chi connectivity index (χ3v) is 2.27. The lowest BCUT2D eigenvalue weighted by atomic mass is 10.2. The zero-order valence-corrected chi connectivity index (χ0v) is 9.77. The predicted molar refractivity (Wildman–Crippen MR) is 66.9 cm³/mol. The Labute approximate surface area is 108 Å². The molecule has 0 unspecified atom stereocenters. The van der Waals surface area contributed by atoms with Crippen molar-refractivity contribution < 1.29 is 14.3 Å². The van der Waals surface area contributed by atoms with Crippen LogP contribution in [0, 0.1) is 17.7 Å². The summed E-state index contributed by atoms with van der Waals surface area (Å²) in [6.45, 7) is -0.357. The minimum atomic E-state index is -0.513. The molecule has 0 fully saturated rings. The van der Waals surface area contributed by atoms with Crippen molar-refractivity contribution in [2.45, 2.75) is 0 Å². The highest BCUT2D eigenvalue weighted by Crippen LogP contribution is 2.14. The summed E-state index contributed by atoms with van der Waals surface area (Å²) in [7, 11) is 0. The highest BCUT2D eigenvalue weighted by atomic mass is 19.1. The molecular formula is C13H10FN3O2. The van der Waals surface area contributed by atoms with Crippen LogP contribution in [0.25, 0.3) is 0 Å². The van der Waals surface area contributed by atoms with E-state index in [1.165, 1.54) is 30.5 Å². The summed E-state index contributed by atoms with van der Waals surface area (Å²) >= 11 is 0. The molecule has 19 heavy (non-hydrogen) atoms. The van der Waals surface area contributed by atoms with Crippen molar-refractivity contribution >= 4 is 11.6 Å².